The molecule has 2 N–H and O–H groups in total. The molecule has 0 bridgehead atoms. The third kappa shape index (κ3) is 5.64. The van der Waals surface area contributed by atoms with Crippen LogP contribution < -0.4 is 5.73 Å². The average molecular weight is 571 g/mol. The zero-order valence-corrected chi connectivity index (χ0v) is 24.1. The number of hydrogen-bond donors (Lipinski definition) is 1. The fourth-order valence-corrected chi connectivity index (χ4v) is 5.94. The fraction of sp³-hybridized carbons (Fsp3) is 0.333. The number of halogens is 1. The highest BCUT2D eigenvalue weighted by Gasteiger charge is 2.53. The van der Waals surface area contributed by atoms with Gasteiger partial charge in [-0.2, -0.15) is 4.98 Å². The first-order valence-electron chi connectivity index (χ1n) is 14.1. The van der Waals surface area contributed by atoms with Crippen molar-refractivity contribution in [2.24, 2.45) is 16.6 Å². The van der Waals surface area contributed by atoms with Gasteiger partial charge in [0.05, 0.1) is 12.0 Å². The molecule has 4 aromatic rings. The number of piperidine rings is 1. The molecule has 0 saturated carbocycles. The van der Waals surface area contributed by atoms with E-state index >= 15 is 0 Å². The Morgan fingerprint density at radius 1 is 1.00 bits per heavy atom. The van der Waals surface area contributed by atoms with Crippen LogP contribution in [-0.4, -0.2) is 46.7 Å². The van der Waals surface area contributed by atoms with E-state index in [1.165, 1.54) is 6.07 Å². The van der Waals surface area contributed by atoms with E-state index in [4.69, 9.17) is 15.0 Å². The van der Waals surface area contributed by atoms with Crippen molar-refractivity contribution < 1.29 is 23.2 Å². The van der Waals surface area contributed by atoms with Gasteiger partial charge < -0.3 is 19.9 Å². The number of carbonyl (C=O) groups excluding carboxylic acids is 2. The Morgan fingerprint density at radius 2 is 1.67 bits per heavy atom. The van der Waals surface area contributed by atoms with Crippen LogP contribution in [0.25, 0.3) is 34.0 Å². The first kappa shape index (κ1) is 29.0. The summed E-state index contributed by atoms with van der Waals surface area (Å²) in [6.07, 6.45) is 1.59. The molecule has 218 valence electrons. The second kappa shape index (κ2) is 11.8. The van der Waals surface area contributed by atoms with Crippen LogP contribution >= 0.6 is 0 Å². The summed E-state index contributed by atoms with van der Waals surface area (Å²) in [5, 5.41) is 4.11. The molecule has 2 heterocycles. The maximum atomic E-state index is 14.9. The van der Waals surface area contributed by atoms with Crippen LogP contribution in [0.5, 0.6) is 0 Å². The first-order valence-corrected chi connectivity index (χ1v) is 14.1. The van der Waals surface area contributed by atoms with Gasteiger partial charge in [0.15, 0.2) is 0 Å². The van der Waals surface area contributed by atoms with Gasteiger partial charge >= 0.3 is 12.0 Å². The summed E-state index contributed by atoms with van der Waals surface area (Å²) in [4.78, 5) is 31.1. The Labute approximate surface area is 244 Å². The minimum absolute atomic E-state index is 0.229. The predicted molar refractivity (Wildman–Crippen MR) is 158 cm³/mol. The van der Waals surface area contributed by atoms with Crippen LogP contribution in [-0.2, 0) is 16.0 Å². The van der Waals surface area contributed by atoms with Crippen molar-refractivity contribution in [1.82, 2.24) is 15.0 Å². The standard InChI is InChI=1S/C33H35FN4O4/c1-4-41-30(39)33(16-18-38(19-17-33)31(35)40)32(2,3)21-22-10-12-24(13-11-22)28-36-29(42-37-28)25-14-15-26(27(34)20-25)23-8-6-5-7-9-23/h5-15,20H,4,16-19,21H2,1-3H3,(H2,35,40). The molecule has 0 unspecified atom stereocenters. The molecule has 0 radical (unpaired) electrons. The normalized spacial score (nSPS) is 14.9. The summed E-state index contributed by atoms with van der Waals surface area (Å²) in [7, 11) is 0. The van der Waals surface area contributed by atoms with Gasteiger partial charge in [-0.1, -0.05) is 79.7 Å². The van der Waals surface area contributed by atoms with Gasteiger partial charge in [-0.15, -0.1) is 0 Å². The smallest absolute Gasteiger partial charge is 0.314 e. The maximum absolute atomic E-state index is 14.9. The lowest BCUT2D eigenvalue weighted by molar-refractivity contribution is -0.168. The van der Waals surface area contributed by atoms with Crippen LogP contribution in [0, 0.1) is 16.6 Å². The summed E-state index contributed by atoms with van der Waals surface area (Å²) < 4.78 is 25.9. The molecule has 1 aromatic heterocycles. The molecule has 42 heavy (non-hydrogen) atoms. The van der Waals surface area contributed by atoms with Gasteiger partial charge in [0.1, 0.15) is 5.82 Å². The Hall–Kier alpha value is -4.53. The van der Waals surface area contributed by atoms with Crippen molar-refractivity contribution in [3.63, 3.8) is 0 Å². The molecule has 1 aliphatic heterocycles. The van der Waals surface area contributed by atoms with Crippen molar-refractivity contribution in [2.75, 3.05) is 19.7 Å². The summed E-state index contributed by atoms with van der Waals surface area (Å²) in [5.41, 5.74) is 7.86. The van der Waals surface area contributed by atoms with E-state index in [1.54, 1.807) is 24.0 Å². The number of nitrogens with zero attached hydrogens (tertiary/aromatic N) is 3. The number of aromatic nitrogens is 2. The topological polar surface area (TPSA) is 112 Å². The number of esters is 1. The van der Waals surface area contributed by atoms with Gasteiger partial charge in [-0.25, -0.2) is 9.18 Å². The van der Waals surface area contributed by atoms with Gasteiger partial charge in [0.25, 0.3) is 5.89 Å². The van der Waals surface area contributed by atoms with Gasteiger partial charge in [-0.05, 0) is 54.9 Å². The van der Waals surface area contributed by atoms with Crippen LogP contribution in [0.1, 0.15) is 39.2 Å². The molecule has 1 fully saturated rings. The monoisotopic (exact) mass is 570 g/mol. The Bertz CT molecular complexity index is 1560. The molecule has 1 aliphatic rings. The van der Waals surface area contributed by atoms with Gasteiger partial charge in [-0.3, -0.25) is 4.79 Å². The van der Waals surface area contributed by atoms with Crippen molar-refractivity contribution >= 4 is 12.0 Å². The number of urea groups is 1. The molecule has 9 heteroatoms. The van der Waals surface area contributed by atoms with Crippen LogP contribution in [0.15, 0.2) is 77.3 Å². The Kier molecular flexibility index (Phi) is 8.11. The number of likely N-dealkylation sites (tertiary alicyclic amines) is 1. The second-order valence-corrected chi connectivity index (χ2v) is 11.4. The van der Waals surface area contributed by atoms with Crippen LogP contribution in [0.3, 0.4) is 0 Å². The Balaban J connectivity index is 1.32. The van der Waals surface area contributed by atoms with E-state index in [9.17, 15) is 14.0 Å². The highest BCUT2D eigenvalue weighted by atomic mass is 19.1. The molecule has 0 atom stereocenters. The molecule has 2 amide bonds. The third-order valence-corrected chi connectivity index (χ3v) is 8.48. The number of benzene rings is 3. The summed E-state index contributed by atoms with van der Waals surface area (Å²) in [5.74, 6) is 0.0205. The number of hydrogen-bond acceptors (Lipinski definition) is 6. The third-order valence-electron chi connectivity index (χ3n) is 8.48. The highest BCUT2D eigenvalue weighted by Crippen LogP contribution is 2.50. The summed E-state index contributed by atoms with van der Waals surface area (Å²) >= 11 is 0. The van der Waals surface area contributed by atoms with Crippen molar-refractivity contribution in [2.45, 2.75) is 40.0 Å². The summed E-state index contributed by atoms with van der Waals surface area (Å²) in [6.45, 7) is 7.07. The van der Waals surface area contributed by atoms with Gasteiger partial charge in [0.2, 0.25) is 5.82 Å². The maximum Gasteiger partial charge on any atom is 0.314 e. The number of rotatable bonds is 8. The largest absolute Gasteiger partial charge is 0.466 e. The van der Waals surface area contributed by atoms with E-state index in [1.807, 2.05) is 54.6 Å². The molecule has 0 aliphatic carbocycles. The lowest BCUT2D eigenvalue weighted by Gasteiger charge is -2.49. The fourth-order valence-electron chi connectivity index (χ4n) is 5.94. The van der Waals surface area contributed by atoms with E-state index < -0.39 is 16.9 Å². The first-order chi connectivity index (χ1) is 20.1. The molecular weight excluding hydrogens is 535 g/mol. The SMILES string of the molecule is CCOC(=O)C1(C(C)(C)Cc2ccc(-c3noc(-c4ccc(-c5ccccc5)c(F)c4)n3)cc2)CCN(C(N)=O)CC1. The van der Waals surface area contributed by atoms with Gasteiger partial charge in [0, 0.05) is 29.8 Å². The predicted octanol–water partition coefficient (Wildman–Crippen LogP) is 6.50. The number of ether oxygens (including phenoxy) is 1. The molecule has 1 saturated heterocycles. The number of amides is 2. The highest BCUT2D eigenvalue weighted by molar-refractivity contribution is 5.79. The second-order valence-electron chi connectivity index (χ2n) is 11.4. The Morgan fingerprint density at radius 3 is 2.29 bits per heavy atom. The number of nitrogens with two attached hydrogens (primary N) is 1. The number of carbonyl (C=O) groups is 2. The molecule has 3 aromatic carbocycles. The molecule has 8 nitrogen and oxygen atoms in total. The zero-order chi connectivity index (χ0) is 29.9. The molecule has 5 rings (SSSR count). The van der Waals surface area contributed by atoms with Crippen molar-refractivity contribution in [1.29, 1.82) is 0 Å². The molecule has 0 spiro atoms. The lowest BCUT2D eigenvalue weighted by Crippen LogP contribution is -2.55. The van der Waals surface area contributed by atoms with E-state index in [0.29, 0.717) is 55.9 Å². The minimum atomic E-state index is -0.748. The average Bonchev–Trinajstić information content (AvgIpc) is 3.48. The van der Waals surface area contributed by atoms with Crippen molar-refractivity contribution in [3.8, 4) is 34.0 Å². The zero-order valence-electron chi connectivity index (χ0n) is 24.1. The van der Waals surface area contributed by atoms with E-state index in [2.05, 4.69) is 24.0 Å². The minimum Gasteiger partial charge on any atom is -0.466 e. The van der Waals surface area contributed by atoms with Crippen LogP contribution in [0.4, 0.5) is 9.18 Å². The van der Waals surface area contributed by atoms with E-state index in [0.717, 1.165) is 16.7 Å². The lowest BCUT2D eigenvalue weighted by atomic mass is 9.58. The quantitative estimate of drug-likeness (QED) is 0.242. The molecular formula is C33H35FN4O4. The van der Waals surface area contributed by atoms with E-state index in [-0.39, 0.29) is 17.7 Å². The number of primary amides is 1. The summed E-state index contributed by atoms with van der Waals surface area (Å²) in [6, 6.07) is 21.5. The van der Waals surface area contributed by atoms with Crippen LogP contribution in [0.2, 0.25) is 0 Å². The van der Waals surface area contributed by atoms with Crippen molar-refractivity contribution in [3.05, 3.63) is 84.2 Å².